The number of aromatic nitrogens is 1. The van der Waals surface area contributed by atoms with Crippen LogP contribution in [0.3, 0.4) is 0 Å². The number of nitrogens with one attached hydrogen (secondary N) is 1. The highest BCUT2D eigenvalue weighted by Gasteiger charge is 2.14. The third kappa shape index (κ3) is 1.93. The summed E-state index contributed by atoms with van der Waals surface area (Å²) in [7, 11) is 0. The van der Waals surface area contributed by atoms with E-state index in [2.05, 4.69) is 4.98 Å². The largest absolute Gasteiger partial charge is 0.508 e. The fourth-order valence-electron chi connectivity index (χ4n) is 2.06. The lowest BCUT2D eigenvalue weighted by molar-refractivity contribution is 0.104. The molecule has 19 heavy (non-hydrogen) atoms. The van der Waals surface area contributed by atoms with Crippen molar-refractivity contribution in [3.8, 4) is 11.5 Å². The molecule has 0 radical (unpaired) electrons. The molecule has 1 heterocycles. The molecule has 2 aromatic carbocycles. The SMILES string of the molecule is O=C(c1ccc(O)cc1)c1c[nH]c2ccc(O)cc12. The lowest BCUT2D eigenvalue weighted by Crippen LogP contribution is -1.99. The van der Waals surface area contributed by atoms with Gasteiger partial charge in [0.05, 0.1) is 0 Å². The van der Waals surface area contributed by atoms with Crippen molar-refractivity contribution in [1.82, 2.24) is 4.98 Å². The van der Waals surface area contributed by atoms with E-state index >= 15 is 0 Å². The number of carbonyl (C=O) groups excluding carboxylic acids is 1. The van der Waals surface area contributed by atoms with E-state index in [1.807, 2.05) is 0 Å². The topological polar surface area (TPSA) is 73.3 Å². The molecule has 3 rings (SSSR count). The Balaban J connectivity index is 2.11. The highest BCUT2D eigenvalue weighted by molar-refractivity contribution is 6.16. The molecule has 0 saturated carbocycles. The molecule has 3 N–H and O–H groups in total. The molecular weight excluding hydrogens is 242 g/mol. The smallest absolute Gasteiger partial charge is 0.195 e. The number of hydrogen-bond donors (Lipinski definition) is 3. The van der Waals surface area contributed by atoms with Crippen molar-refractivity contribution in [2.24, 2.45) is 0 Å². The van der Waals surface area contributed by atoms with Gasteiger partial charge in [0.15, 0.2) is 5.78 Å². The Morgan fingerprint density at radius 3 is 2.37 bits per heavy atom. The zero-order valence-electron chi connectivity index (χ0n) is 9.92. The van der Waals surface area contributed by atoms with E-state index in [1.165, 1.54) is 12.1 Å². The number of rotatable bonds is 2. The molecule has 0 unspecified atom stereocenters. The molecule has 0 saturated heterocycles. The van der Waals surface area contributed by atoms with Crippen LogP contribution in [0.5, 0.6) is 11.5 Å². The maximum absolute atomic E-state index is 12.4. The number of H-pyrrole nitrogens is 1. The molecule has 0 atom stereocenters. The molecule has 0 aliphatic carbocycles. The highest BCUT2D eigenvalue weighted by atomic mass is 16.3. The Hall–Kier alpha value is -2.75. The zero-order valence-corrected chi connectivity index (χ0v) is 9.92. The summed E-state index contributed by atoms with van der Waals surface area (Å²) in [5.74, 6) is 0.0804. The van der Waals surface area contributed by atoms with Crippen molar-refractivity contribution in [2.45, 2.75) is 0 Å². The van der Waals surface area contributed by atoms with E-state index in [0.717, 1.165) is 5.52 Å². The number of carbonyl (C=O) groups is 1. The number of phenols is 2. The molecular formula is C15H11NO3. The molecule has 4 nitrogen and oxygen atoms in total. The van der Waals surface area contributed by atoms with Gasteiger partial charge in [0.1, 0.15) is 11.5 Å². The van der Waals surface area contributed by atoms with Crippen molar-refractivity contribution in [3.05, 3.63) is 59.8 Å². The summed E-state index contributed by atoms with van der Waals surface area (Å²) in [6.45, 7) is 0. The summed E-state index contributed by atoms with van der Waals surface area (Å²) in [5, 5.41) is 19.4. The summed E-state index contributed by atoms with van der Waals surface area (Å²) < 4.78 is 0. The molecule has 0 aliphatic heterocycles. The van der Waals surface area contributed by atoms with Gasteiger partial charge in [-0.05, 0) is 42.5 Å². The van der Waals surface area contributed by atoms with E-state index in [1.54, 1.807) is 36.5 Å². The van der Waals surface area contributed by atoms with Gasteiger partial charge in [-0.1, -0.05) is 0 Å². The van der Waals surface area contributed by atoms with E-state index < -0.39 is 0 Å². The minimum absolute atomic E-state index is 0.117. The molecule has 0 aliphatic rings. The normalized spacial score (nSPS) is 10.7. The van der Waals surface area contributed by atoms with Crippen LogP contribution in [0.4, 0.5) is 0 Å². The zero-order chi connectivity index (χ0) is 13.4. The first-order chi connectivity index (χ1) is 9.15. The Kier molecular flexibility index (Phi) is 2.49. The predicted octanol–water partition coefficient (Wildman–Crippen LogP) is 2.81. The van der Waals surface area contributed by atoms with E-state index in [-0.39, 0.29) is 17.3 Å². The maximum Gasteiger partial charge on any atom is 0.195 e. The van der Waals surface area contributed by atoms with E-state index in [9.17, 15) is 15.0 Å². The third-order valence-corrected chi connectivity index (χ3v) is 3.04. The first-order valence-electron chi connectivity index (χ1n) is 5.79. The lowest BCUT2D eigenvalue weighted by Gasteiger charge is -2.00. The first kappa shape index (κ1) is 11.3. The van der Waals surface area contributed by atoms with Gasteiger partial charge in [0.2, 0.25) is 0 Å². The molecule has 94 valence electrons. The van der Waals surface area contributed by atoms with Crippen LogP contribution >= 0.6 is 0 Å². The predicted molar refractivity (Wildman–Crippen MR) is 71.5 cm³/mol. The van der Waals surface area contributed by atoms with Crippen molar-refractivity contribution in [1.29, 1.82) is 0 Å². The standard InChI is InChI=1S/C15H11NO3/c17-10-3-1-9(2-4-10)15(19)13-8-16-14-6-5-11(18)7-12(13)14/h1-8,16-18H. The quantitative estimate of drug-likeness (QED) is 0.615. The van der Waals surface area contributed by atoms with Crippen LogP contribution in [-0.2, 0) is 0 Å². The fraction of sp³-hybridized carbons (Fsp3) is 0. The number of aromatic amines is 1. The van der Waals surface area contributed by atoms with E-state index in [4.69, 9.17) is 0 Å². The minimum Gasteiger partial charge on any atom is -0.508 e. The van der Waals surface area contributed by atoms with Crippen LogP contribution < -0.4 is 0 Å². The minimum atomic E-state index is -0.156. The van der Waals surface area contributed by atoms with Crippen LogP contribution in [0.25, 0.3) is 10.9 Å². The summed E-state index contributed by atoms with van der Waals surface area (Å²) in [4.78, 5) is 15.4. The van der Waals surface area contributed by atoms with Crippen molar-refractivity contribution >= 4 is 16.7 Å². The summed E-state index contributed by atoms with van der Waals surface area (Å²) in [6.07, 6.45) is 1.62. The van der Waals surface area contributed by atoms with Crippen LogP contribution in [-0.4, -0.2) is 21.0 Å². The van der Waals surface area contributed by atoms with Crippen LogP contribution in [0.2, 0.25) is 0 Å². The molecule has 0 amide bonds. The second-order valence-electron chi connectivity index (χ2n) is 4.31. The average Bonchev–Trinajstić information content (AvgIpc) is 2.81. The van der Waals surface area contributed by atoms with Gasteiger partial charge in [0.25, 0.3) is 0 Å². The van der Waals surface area contributed by atoms with Gasteiger partial charge >= 0.3 is 0 Å². The molecule has 0 fully saturated rings. The summed E-state index contributed by atoms with van der Waals surface area (Å²) >= 11 is 0. The number of fused-ring (bicyclic) bond motifs is 1. The second kappa shape index (κ2) is 4.17. The number of benzene rings is 2. The molecule has 3 aromatic rings. The van der Waals surface area contributed by atoms with E-state index in [0.29, 0.717) is 16.5 Å². The number of aromatic hydroxyl groups is 2. The highest BCUT2D eigenvalue weighted by Crippen LogP contribution is 2.25. The molecule has 4 heteroatoms. The Morgan fingerprint density at radius 2 is 1.63 bits per heavy atom. The van der Waals surface area contributed by atoms with Crippen LogP contribution in [0.15, 0.2) is 48.7 Å². The van der Waals surface area contributed by atoms with Crippen LogP contribution in [0, 0.1) is 0 Å². The van der Waals surface area contributed by atoms with Gasteiger partial charge in [-0.15, -0.1) is 0 Å². The first-order valence-corrected chi connectivity index (χ1v) is 5.79. The van der Waals surface area contributed by atoms with Gasteiger partial charge < -0.3 is 15.2 Å². The van der Waals surface area contributed by atoms with Gasteiger partial charge in [-0.25, -0.2) is 0 Å². The fourth-order valence-corrected chi connectivity index (χ4v) is 2.06. The number of phenolic OH excluding ortho intramolecular Hbond substituents is 2. The molecule has 1 aromatic heterocycles. The Morgan fingerprint density at radius 1 is 0.947 bits per heavy atom. The lowest BCUT2D eigenvalue weighted by atomic mass is 10.0. The Labute approximate surface area is 108 Å². The second-order valence-corrected chi connectivity index (χ2v) is 4.31. The summed E-state index contributed by atoms with van der Waals surface area (Å²) in [6, 6.07) is 10.9. The molecule has 0 bridgehead atoms. The third-order valence-electron chi connectivity index (χ3n) is 3.04. The summed E-state index contributed by atoms with van der Waals surface area (Å²) in [5.41, 5.74) is 1.78. The molecule has 0 spiro atoms. The van der Waals surface area contributed by atoms with Gasteiger partial charge in [-0.3, -0.25) is 4.79 Å². The average molecular weight is 253 g/mol. The number of ketones is 1. The monoisotopic (exact) mass is 253 g/mol. The van der Waals surface area contributed by atoms with Crippen molar-refractivity contribution in [3.63, 3.8) is 0 Å². The van der Waals surface area contributed by atoms with Crippen molar-refractivity contribution < 1.29 is 15.0 Å². The van der Waals surface area contributed by atoms with Gasteiger partial charge in [-0.2, -0.15) is 0 Å². The van der Waals surface area contributed by atoms with Crippen LogP contribution in [0.1, 0.15) is 15.9 Å². The Bertz CT molecular complexity index is 757. The van der Waals surface area contributed by atoms with Gasteiger partial charge in [0, 0.05) is 28.2 Å². The van der Waals surface area contributed by atoms with Crippen molar-refractivity contribution in [2.75, 3.05) is 0 Å². The number of hydrogen-bond acceptors (Lipinski definition) is 3. The maximum atomic E-state index is 12.4.